The molecule has 0 aliphatic carbocycles. The smallest absolute Gasteiger partial charge is 0.287 e. The summed E-state index contributed by atoms with van der Waals surface area (Å²) in [7, 11) is 1.56. The Labute approximate surface area is 149 Å². The average Bonchev–Trinajstić information content (AvgIpc) is 2.60. The molecule has 1 aromatic carbocycles. The van der Waals surface area contributed by atoms with Crippen molar-refractivity contribution in [2.75, 3.05) is 18.0 Å². The molecule has 126 valence electrons. The van der Waals surface area contributed by atoms with Gasteiger partial charge in [-0.25, -0.2) is 4.68 Å². The third-order valence-corrected chi connectivity index (χ3v) is 5.00. The molecule has 1 aromatic heterocycles. The molecule has 2 heterocycles. The van der Waals surface area contributed by atoms with E-state index in [0.717, 1.165) is 0 Å². The first-order chi connectivity index (χ1) is 11.5. The van der Waals surface area contributed by atoms with Crippen LogP contribution in [-0.2, 0) is 7.05 Å². The molecule has 0 radical (unpaired) electrons. The number of hydrogen-bond acceptors (Lipinski definition) is 4. The zero-order valence-corrected chi connectivity index (χ0v) is 14.7. The number of ketones is 1. The molecule has 2 aromatic rings. The lowest BCUT2D eigenvalue weighted by atomic mass is 9.89. The first-order valence-electron chi connectivity index (χ1n) is 7.74. The van der Waals surface area contributed by atoms with E-state index in [1.165, 1.54) is 4.68 Å². The highest BCUT2D eigenvalue weighted by atomic mass is 35.5. The van der Waals surface area contributed by atoms with Crippen molar-refractivity contribution in [3.63, 3.8) is 0 Å². The van der Waals surface area contributed by atoms with E-state index in [1.54, 1.807) is 37.5 Å². The Hall–Kier alpha value is -1.85. The Morgan fingerprint density at radius 1 is 1.17 bits per heavy atom. The normalized spacial score (nSPS) is 15.5. The highest BCUT2D eigenvalue weighted by Gasteiger charge is 2.27. The van der Waals surface area contributed by atoms with E-state index in [2.05, 4.69) is 5.10 Å². The largest absolute Gasteiger partial charge is 0.369 e. The van der Waals surface area contributed by atoms with Gasteiger partial charge < -0.3 is 4.90 Å². The van der Waals surface area contributed by atoms with Crippen LogP contribution >= 0.6 is 23.2 Å². The topological polar surface area (TPSA) is 55.2 Å². The van der Waals surface area contributed by atoms with Crippen LogP contribution in [0.3, 0.4) is 0 Å². The van der Waals surface area contributed by atoms with Crippen LogP contribution in [0, 0.1) is 5.92 Å². The first kappa shape index (κ1) is 17.0. The van der Waals surface area contributed by atoms with Gasteiger partial charge in [0.2, 0.25) is 0 Å². The van der Waals surface area contributed by atoms with Gasteiger partial charge in [-0.1, -0.05) is 23.2 Å². The molecule has 0 N–H and O–H groups in total. The fourth-order valence-corrected chi connectivity index (χ4v) is 3.37. The van der Waals surface area contributed by atoms with Crippen molar-refractivity contribution in [2.24, 2.45) is 13.0 Å². The summed E-state index contributed by atoms with van der Waals surface area (Å²) in [6, 6.07) is 6.99. The molecule has 5 nitrogen and oxygen atoms in total. The number of hydrogen-bond donors (Lipinski definition) is 0. The van der Waals surface area contributed by atoms with Gasteiger partial charge in [0.25, 0.3) is 5.56 Å². The van der Waals surface area contributed by atoms with E-state index in [0.29, 0.717) is 42.2 Å². The Bertz CT molecular complexity index is 810. The fraction of sp³-hybridized carbons (Fsp3) is 0.353. The summed E-state index contributed by atoms with van der Waals surface area (Å²) < 4.78 is 1.21. The standard InChI is InChI=1S/C17H17Cl2N3O2/c1-21-17(24)15(19)14(10-20-21)22-8-6-12(7-9-22)16(23)11-2-4-13(18)5-3-11/h2-5,10,12H,6-9H2,1H3. The Kier molecular flexibility index (Phi) is 4.92. The van der Waals surface area contributed by atoms with Crippen LogP contribution in [0.25, 0.3) is 0 Å². The van der Waals surface area contributed by atoms with E-state index in [9.17, 15) is 9.59 Å². The minimum atomic E-state index is -0.312. The molecule has 7 heteroatoms. The summed E-state index contributed by atoms with van der Waals surface area (Å²) in [5.74, 6) is 0.111. The number of benzene rings is 1. The van der Waals surface area contributed by atoms with Gasteiger partial charge in [-0.2, -0.15) is 5.10 Å². The molecule has 0 amide bonds. The zero-order chi connectivity index (χ0) is 17.3. The van der Waals surface area contributed by atoms with Crippen molar-refractivity contribution < 1.29 is 4.79 Å². The molecule has 0 atom stereocenters. The number of aryl methyl sites for hydroxylation is 1. The van der Waals surface area contributed by atoms with Crippen LogP contribution in [0.15, 0.2) is 35.3 Å². The van der Waals surface area contributed by atoms with Crippen molar-refractivity contribution in [3.05, 3.63) is 56.4 Å². The number of Topliss-reactive ketones (excluding diaryl/α,β-unsaturated/α-hetero) is 1. The third kappa shape index (κ3) is 3.32. The number of piperidine rings is 1. The second-order valence-electron chi connectivity index (χ2n) is 5.91. The van der Waals surface area contributed by atoms with E-state index in [1.807, 2.05) is 4.90 Å². The lowest BCUT2D eigenvalue weighted by molar-refractivity contribution is 0.0900. The highest BCUT2D eigenvalue weighted by Crippen LogP contribution is 2.28. The number of anilines is 1. The number of halogens is 2. The molecule has 0 bridgehead atoms. The van der Waals surface area contributed by atoms with Crippen LogP contribution in [0.1, 0.15) is 23.2 Å². The molecule has 0 unspecified atom stereocenters. The van der Waals surface area contributed by atoms with Gasteiger partial charge in [-0.3, -0.25) is 9.59 Å². The van der Waals surface area contributed by atoms with Gasteiger partial charge in [0.05, 0.1) is 11.9 Å². The van der Waals surface area contributed by atoms with Crippen molar-refractivity contribution in [1.82, 2.24) is 9.78 Å². The monoisotopic (exact) mass is 365 g/mol. The SMILES string of the molecule is Cn1ncc(N2CCC(C(=O)c3ccc(Cl)cc3)CC2)c(Cl)c1=O. The fourth-order valence-electron chi connectivity index (χ4n) is 2.95. The molecule has 1 saturated heterocycles. The summed E-state index contributed by atoms with van der Waals surface area (Å²) in [4.78, 5) is 26.5. The first-order valence-corrected chi connectivity index (χ1v) is 8.49. The van der Waals surface area contributed by atoms with Crippen LogP contribution in [0.2, 0.25) is 10.0 Å². The Balaban J connectivity index is 1.70. The summed E-state index contributed by atoms with van der Waals surface area (Å²) in [5, 5.41) is 4.82. The van der Waals surface area contributed by atoms with Gasteiger partial charge in [0, 0.05) is 36.6 Å². The molecule has 3 rings (SSSR count). The number of aromatic nitrogens is 2. The van der Waals surface area contributed by atoms with Gasteiger partial charge in [-0.05, 0) is 37.1 Å². The molecular formula is C17H17Cl2N3O2. The van der Waals surface area contributed by atoms with Crippen LogP contribution in [-0.4, -0.2) is 28.7 Å². The lowest BCUT2D eigenvalue weighted by Gasteiger charge is -2.33. The number of rotatable bonds is 3. The zero-order valence-electron chi connectivity index (χ0n) is 13.2. The predicted molar refractivity (Wildman–Crippen MR) is 95.2 cm³/mol. The molecule has 24 heavy (non-hydrogen) atoms. The maximum atomic E-state index is 12.6. The summed E-state index contributed by atoms with van der Waals surface area (Å²) in [5.41, 5.74) is 1.01. The van der Waals surface area contributed by atoms with Crippen LogP contribution in [0.5, 0.6) is 0 Å². The van der Waals surface area contributed by atoms with Crippen molar-refractivity contribution in [1.29, 1.82) is 0 Å². The number of nitrogens with zero attached hydrogens (tertiary/aromatic N) is 3. The Morgan fingerprint density at radius 3 is 2.42 bits per heavy atom. The maximum Gasteiger partial charge on any atom is 0.287 e. The third-order valence-electron chi connectivity index (χ3n) is 4.39. The molecular weight excluding hydrogens is 349 g/mol. The van der Waals surface area contributed by atoms with E-state index in [4.69, 9.17) is 23.2 Å². The maximum absolute atomic E-state index is 12.6. The molecule has 1 fully saturated rings. The van der Waals surface area contributed by atoms with E-state index < -0.39 is 0 Å². The minimum Gasteiger partial charge on any atom is -0.369 e. The lowest BCUT2D eigenvalue weighted by Crippen LogP contribution is -2.37. The van der Waals surface area contributed by atoms with Crippen LogP contribution in [0.4, 0.5) is 5.69 Å². The predicted octanol–water partition coefficient (Wildman–Crippen LogP) is 3.19. The molecule has 0 saturated carbocycles. The van der Waals surface area contributed by atoms with Crippen LogP contribution < -0.4 is 10.5 Å². The second-order valence-corrected chi connectivity index (χ2v) is 6.72. The van der Waals surface area contributed by atoms with Crippen molar-refractivity contribution in [3.8, 4) is 0 Å². The van der Waals surface area contributed by atoms with Gasteiger partial charge in [-0.15, -0.1) is 0 Å². The molecule has 1 aliphatic rings. The van der Waals surface area contributed by atoms with Crippen molar-refractivity contribution >= 4 is 34.7 Å². The molecule has 1 aliphatic heterocycles. The second kappa shape index (κ2) is 6.95. The van der Waals surface area contributed by atoms with Gasteiger partial charge in [0.15, 0.2) is 5.78 Å². The highest BCUT2D eigenvalue weighted by molar-refractivity contribution is 6.33. The Morgan fingerprint density at radius 2 is 1.79 bits per heavy atom. The quantitative estimate of drug-likeness (QED) is 0.783. The summed E-state index contributed by atoms with van der Waals surface area (Å²) in [6.07, 6.45) is 3.03. The van der Waals surface area contributed by atoms with E-state index >= 15 is 0 Å². The summed E-state index contributed by atoms with van der Waals surface area (Å²) >= 11 is 12.0. The molecule has 0 spiro atoms. The van der Waals surface area contributed by atoms with Gasteiger partial charge in [0.1, 0.15) is 5.02 Å². The van der Waals surface area contributed by atoms with E-state index in [-0.39, 0.29) is 22.3 Å². The summed E-state index contributed by atoms with van der Waals surface area (Å²) in [6.45, 7) is 1.33. The van der Waals surface area contributed by atoms with Crippen molar-refractivity contribution in [2.45, 2.75) is 12.8 Å². The average molecular weight is 366 g/mol. The minimum absolute atomic E-state index is 0.0271. The van der Waals surface area contributed by atoms with Gasteiger partial charge >= 0.3 is 0 Å². The number of carbonyl (C=O) groups is 1. The number of carbonyl (C=O) groups excluding carboxylic acids is 1.